The van der Waals surface area contributed by atoms with Crippen LogP contribution >= 0.6 is 0 Å². The second-order valence-corrected chi connectivity index (χ2v) is 6.34. The minimum absolute atomic E-state index is 0.164. The molecule has 1 N–H and O–H groups in total. The molecule has 0 radical (unpaired) electrons. The molecule has 1 aliphatic heterocycles. The SMILES string of the molecule is CC(C)(C)OC(=O)N1CC(c2nc(-c3ccccn3)n[nH]2)C1. The first-order valence-electron chi connectivity index (χ1n) is 7.24. The molecule has 7 nitrogen and oxygen atoms in total. The maximum atomic E-state index is 11.9. The monoisotopic (exact) mass is 301 g/mol. The standard InChI is InChI=1S/C15H19N5O2/c1-15(2,3)22-14(21)20-8-10(9-20)12-17-13(19-18-12)11-6-4-5-7-16-11/h4-7,10H,8-9H2,1-3H3,(H,17,18,19). The van der Waals surface area contributed by atoms with Gasteiger partial charge in [0.25, 0.3) is 0 Å². The van der Waals surface area contributed by atoms with Gasteiger partial charge in [0.05, 0.1) is 5.92 Å². The number of aromatic amines is 1. The van der Waals surface area contributed by atoms with Gasteiger partial charge in [-0.3, -0.25) is 10.1 Å². The number of nitrogens with zero attached hydrogens (tertiary/aromatic N) is 4. The molecule has 1 aliphatic rings. The lowest BCUT2D eigenvalue weighted by molar-refractivity contribution is 0.00755. The van der Waals surface area contributed by atoms with Crippen molar-refractivity contribution in [2.45, 2.75) is 32.3 Å². The molecule has 3 rings (SSSR count). The van der Waals surface area contributed by atoms with Crippen LogP contribution in [0, 0.1) is 0 Å². The van der Waals surface area contributed by atoms with Gasteiger partial charge in [-0.1, -0.05) is 6.07 Å². The molecule has 0 atom stereocenters. The minimum Gasteiger partial charge on any atom is -0.444 e. The largest absolute Gasteiger partial charge is 0.444 e. The number of hydrogen-bond acceptors (Lipinski definition) is 5. The molecule has 2 aromatic heterocycles. The third kappa shape index (κ3) is 3.08. The second kappa shape index (κ2) is 5.40. The smallest absolute Gasteiger partial charge is 0.410 e. The number of amides is 1. The number of hydrogen-bond donors (Lipinski definition) is 1. The first-order valence-corrected chi connectivity index (χ1v) is 7.24. The lowest BCUT2D eigenvalue weighted by atomic mass is 10.0. The van der Waals surface area contributed by atoms with E-state index in [1.165, 1.54) is 0 Å². The minimum atomic E-state index is -0.472. The summed E-state index contributed by atoms with van der Waals surface area (Å²) < 4.78 is 5.33. The predicted octanol–water partition coefficient (Wildman–Crippen LogP) is 2.20. The number of likely N-dealkylation sites (tertiary alicyclic amines) is 1. The highest BCUT2D eigenvalue weighted by Crippen LogP contribution is 2.27. The van der Waals surface area contributed by atoms with E-state index in [1.54, 1.807) is 11.1 Å². The quantitative estimate of drug-likeness (QED) is 0.919. The van der Waals surface area contributed by atoms with Crippen molar-refractivity contribution in [1.82, 2.24) is 25.1 Å². The highest BCUT2D eigenvalue weighted by atomic mass is 16.6. The average Bonchev–Trinajstić information content (AvgIpc) is 2.85. The zero-order chi connectivity index (χ0) is 15.7. The van der Waals surface area contributed by atoms with Crippen LogP contribution in [-0.4, -0.2) is 49.8 Å². The van der Waals surface area contributed by atoms with E-state index in [-0.39, 0.29) is 12.0 Å². The number of carbonyl (C=O) groups excluding carboxylic acids is 1. The fourth-order valence-corrected chi connectivity index (χ4v) is 2.19. The third-order valence-corrected chi connectivity index (χ3v) is 3.32. The maximum absolute atomic E-state index is 11.9. The van der Waals surface area contributed by atoms with Crippen LogP contribution in [-0.2, 0) is 4.74 Å². The van der Waals surface area contributed by atoms with Crippen LogP contribution in [0.3, 0.4) is 0 Å². The molecule has 2 aromatic rings. The zero-order valence-electron chi connectivity index (χ0n) is 12.9. The molecule has 0 spiro atoms. The van der Waals surface area contributed by atoms with Gasteiger partial charge in [0.15, 0.2) is 5.82 Å². The molecule has 22 heavy (non-hydrogen) atoms. The topological polar surface area (TPSA) is 84.0 Å². The van der Waals surface area contributed by atoms with Crippen molar-refractivity contribution in [3.05, 3.63) is 30.2 Å². The summed E-state index contributed by atoms with van der Waals surface area (Å²) in [5.41, 5.74) is 0.258. The van der Waals surface area contributed by atoms with Crippen LogP contribution in [0.25, 0.3) is 11.5 Å². The van der Waals surface area contributed by atoms with Crippen LogP contribution in [0.5, 0.6) is 0 Å². The molecular weight excluding hydrogens is 282 g/mol. The highest BCUT2D eigenvalue weighted by molar-refractivity contribution is 5.69. The van der Waals surface area contributed by atoms with Crippen molar-refractivity contribution >= 4 is 6.09 Å². The Hall–Kier alpha value is -2.44. The summed E-state index contributed by atoms with van der Waals surface area (Å²) in [4.78, 5) is 22.2. The summed E-state index contributed by atoms with van der Waals surface area (Å²) in [6.45, 7) is 6.75. The van der Waals surface area contributed by atoms with Gasteiger partial charge in [-0.25, -0.2) is 9.78 Å². The Balaban J connectivity index is 1.60. The van der Waals surface area contributed by atoms with Gasteiger partial charge in [0.2, 0.25) is 0 Å². The molecule has 116 valence electrons. The first-order chi connectivity index (χ1) is 10.4. The van der Waals surface area contributed by atoms with E-state index < -0.39 is 5.60 Å². The Morgan fingerprint density at radius 2 is 2.14 bits per heavy atom. The molecule has 0 unspecified atom stereocenters. The Kier molecular flexibility index (Phi) is 3.56. The van der Waals surface area contributed by atoms with E-state index in [4.69, 9.17) is 4.74 Å². The van der Waals surface area contributed by atoms with E-state index in [0.29, 0.717) is 18.9 Å². The Labute approximate surface area is 128 Å². The summed E-state index contributed by atoms with van der Waals surface area (Å²) >= 11 is 0. The molecule has 1 saturated heterocycles. The number of rotatable bonds is 2. The van der Waals surface area contributed by atoms with E-state index in [1.807, 2.05) is 39.0 Å². The van der Waals surface area contributed by atoms with Crippen LogP contribution in [0.1, 0.15) is 32.5 Å². The summed E-state index contributed by atoms with van der Waals surface area (Å²) in [5, 5.41) is 7.12. The molecule has 0 saturated carbocycles. The number of nitrogens with one attached hydrogen (secondary N) is 1. The van der Waals surface area contributed by atoms with E-state index in [0.717, 1.165) is 11.5 Å². The number of carbonyl (C=O) groups is 1. The number of aromatic nitrogens is 4. The fourth-order valence-electron chi connectivity index (χ4n) is 2.19. The van der Waals surface area contributed by atoms with Gasteiger partial charge in [0.1, 0.15) is 17.1 Å². The molecule has 1 amide bonds. The van der Waals surface area contributed by atoms with Crippen LogP contribution in [0.4, 0.5) is 4.79 Å². The summed E-state index contributed by atoms with van der Waals surface area (Å²) in [6, 6.07) is 5.61. The van der Waals surface area contributed by atoms with Gasteiger partial charge in [-0.15, -0.1) is 0 Å². The molecule has 1 fully saturated rings. The molecule has 3 heterocycles. The lowest BCUT2D eigenvalue weighted by Gasteiger charge is -2.38. The first kappa shape index (κ1) is 14.5. The van der Waals surface area contributed by atoms with E-state index in [2.05, 4.69) is 20.2 Å². The zero-order valence-corrected chi connectivity index (χ0v) is 12.9. The number of pyridine rings is 1. The molecule has 0 aromatic carbocycles. The van der Waals surface area contributed by atoms with Gasteiger partial charge >= 0.3 is 6.09 Å². The molecule has 0 bridgehead atoms. The number of ether oxygens (including phenoxy) is 1. The molecule has 7 heteroatoms. The van der Waals surface area contributed by atoms with E-state index in [9.17, 15) is 4.79 Å². The van der Waals surface area contributed by atoms with Crippen molar-refractivity contribution < 1.29 is 9.53 Å². The fraction of sp³-hybridized carbons (Fsp3) is 0.467. The maximum Gasteiger partial charge on any atom is 0.410 e. The van der Waals surface area contributed by atoms with Crippen LogP contribution in [0.2, 0.25) is 0 Å². The molecule has 0 aliphatic carbocycles. The second-order valence-electron chi connectivity index (χ2n) is 6.34. The van der Waals surface area contributed by atoms with E-state index >= 15 is 0 Å². The van der Waals surface area contributed by atoms with Crippen molar-refractivity contribution in [2.75, 3.05) is 13.1 Å². The average molecular weight is 301 g/mol. The summed E-state index contributed by atoms with van der Waals surface area (Å²) in [6.07, 6.45) is 1.42. The van der Waals surface area contributed by atoms with Crippen molar-refractivity contribution in [2.24, 2.45) is 0 Å². The lowest BCUT2D eigenvalue weighted by Crippen LogP contribution is -2.50. The normalized spacial score (nSPS) is 15.5. The van der Waals surface area contributed by atoms with Crippen molar-refractivity contribution in [3.63, 3.8) is 0 Å². The Morgan fingerprint density at radius 3 is 2.77 bits per heavy atom. The van der Waals surface area contributed by atoms with Crippen LogP contribution < -0.4 is 0 Å². The third-order valence-electron chi connectivity index (χ3n) is 3.32. The van der Waals surface area contributed by atoms with Gasteiger partial charge in [-0.2, -0.15) is 5.10 Å². The summed E-state index contributed by atoms with van der Waals surface area (Å²) in [5.74, 6) is 1.52. The predicted molar refractivity (Wildman–Crippen MR) is 80.2 cm³/mol. The van der Waals surface area contributed by atoms with Crippen molar-refractivity contribution in [3.8, 4) is 11.5 Å². The van der Waals surface area contributed by atoms with Gasteiger partial charge in [-0.05, 0) is 32.9 Å². The van der Waals surface area contributed by atoms with Gasteiger partial charge in [0, 0.05) is 19.3 Å². The Bertz CT molecular complexity index is 656. The molecular formula is C15H19N5O2. The Morgan fingerprint density at radius 1 is 1.36 bits per heavy atom. The van der Waals surface area contributed by atoms with Crippen molar-refractivity contribution in [1.29, 1.82) is 0 Å². The number of H-pyrrole nitrogens is 1. The van der Waals surface area contributed by atoms with Crippen LogP contribution in [0.15, 0.2) is 24.4 Å². The highest BCUT2D eigenvalue weighted by Gasteiger charge is 2.36. The van der Waals surface area contributed by atoms with Gasteiger partial charge < -0.3 is 9.64 Å². The summed E-state index contributed by atoms with van der Waals surface area (Å²) in [7, 11) is 0.